The van der Waals surface area contributed by atoms with Gasteiger partial charge in [0.2, 0.25) is 0 Å². The number of nitrogens with zero attached hydrogens (tertiary/aromatic N) is 4. The summed E-state index contributed by atoms with van der Waals surface area (Å²) in [6.45, 7) is 3.59. The minimum absolute atomic E-state index is 0.0431. The van der Waals surface area contributed by atoms with Crippen molar-refractivity contribution in [2.75, 3.05) is 20.8 Å². The van der Waals surface area contributed by atoms with Crippen molar-refractivity contribution in [3.63, 3.8) is 0 Å². The first-order valence-electron chi connectivity index (χ1n) is 12.6. The first-order chi connectivity index (χ1) is 19.8. The predicted molar refractivity (Wildman–Crippen MR) is 152 cm³/mol. The third kappa shape index (κ3) is 5.05. The Bertz CT molecular complexity index is 1880. The summed E-state index contributed by atoms with van der Waals surface area (Å²) >= 11 is 1.18. The lowest BCUT2D eigenvalue weighted by atomic mass is 9.95. The maximum Gasteiger partial charge on any atom is 0.338 e. The molecule has 0 saturated heterocycles. The summed E-state index contributed by atoms with van der Waals surface area (Å²) < 4.78 is 19.8. The van der Waals surface area contributed by atoms with Gasteiger partial charge in [0.25, 0.3) is 11.2 Å². The lowest BCUT2D eigenvalue weighted by Gasteiger charge is -2.25. The summed E-state index contributed by atoms with van der Waals surface area (Å²) in [4.78, 5) is 43.0. The molecule has 4 aromatic rings. The summed E-state index contributed by atoms with van der Waals surface area (Å²) in [6, 6.07) is 14.2. The zero-order valence-electron chi connectivity index (χ0n) is 22.7. The minimum Gasteiger partial charge on any atom is -0.493 e. The quantitative estimate of drug-likeness (QED) is 0.179. The van der Waals surface area contributed by atoms with Crippen molar-refractivity contribution in [1.29, 1.82) is 0 Å². The van der Waals surface area contributed by atoms with Gasteiger partial charge >= 0.3 is 5.97 Å². The maximum absolute atomic E-state index is 14.0. The summed E-state index contributed by atoms with van der Waals surface area (Å²) in [5.41, 5.74) is 2.13. The molecular weight excluding hydrogens is 548 g/mol. The van der Waals surface area contributed by atoms with Crippen LogP contribution in [0.4, 0.5) is 5.69 Å². The van der Waals surface area contributed by atoms with E-state index >= 15 is 0 Å². The second kappa shape index (κ2) is 11.3. The second-order valence-corrected chi connectivity index (χ2v) is 10.0. The summed E-state index contributed by atoms with van der Waals surface area (Å²) in [5, 5.41) is 11.3. The Labute approximate surface area is 238 Å². The number of thiazole rings is 1. The van der Waals surface area contributed by atoms with Crippen LogP contribution in [0.25, 0.3) is 11.8 Å². The van der Waals surface area contributed by atoms with Crippen LogP contribution >= 0.6 is 11.3 Å². The lowest BCUT2D eigenvalue weighted by molar-refractivity contribution is -0.384. The van der Waals surface area contributed by atoms with Gasteiger partial charge in [-0.1, -0.05) is 23.5 Å². The molecule has 2 aromatic carbocycles. The van der Waals surface area contributed by atoms with E-state index in [1.807, 2.05) is 0 Å². The van der Waals surface area contributed by atoms with E-state index in [4.69, 9.17) is 14.2 Å². The molecule has 0 bridgehead atoms. The highest BCUT2D eigenvalue weighted by Gasteiger charge is 2.34. The fourth-order valence-electron chi connectivity index (χ4n) is 4.77. The zero-order chi connectivity index (χ0) is 29.3. The minimum atomic E-state index is -0.823. The number of fused-ring (bicyclic) bond motifs is 1. The smallest absolute Gasteiger partial charge is 0.338 e. The Morgan fingerprint density at radius 1 is 1.12 bits per heavy atom. The highest BCUT2D eigenvalue weighted by molar-refractivity contribution is 7.07. The number of carbonyl (C=O) groups excluding carboxylic acids is 1. The number of rotatable bonds is 8. The molecule has 0 saturated carbocycles. The van der Waals surface area contributed by atoms with Crippen LogP contribution in [-0.4, -0.2) is 40.9 Å². The molecule has 41 heavy (non-hydrogen) atoms. The highest BCUT2D eigenvalue weighted by atomic mass is 32.1. The number of non-ortho nitro benzene ring substituents is 1. The third-order valence-corrected chi connectivity index (χ3v) is 7.60. The van der Waals surface area contributed by atoms with Crippen molar-refractivity contribution in [3.05, 3.63) is 113 Å². The molecule has 0 fully saturated rings. The normalized spacial score (nSPS) is 14.8. The number of aromatic nitrogens is 2. The average molecular weight is 575 g/mol. The monoisotopic (exact) mass is 574 g/mol. The number of hydrogen-bond acceptors (Lipinski definition) is 9. The van der Waals surface area contributed by atoms with Gasteiger partial charge in [-0.3, -0.25) is 19.5 Å². The number of methoxy groups -OCH3 is 2. The molecule has 0 spiro atoms. The fraction of sp³-hybridized carbons (Fsp3) is 0.207. The van der Waals surface area contributed by atoms with E-state index < -0.39 is 16.9 Å². The molecule has 210 valence electrons. The number of allylic oxidation sites excluding steroid dienone is 1. The molecule has 12 heteroatoms. The number of benzene rings is 2. The van der Waals surface area contributed by atoms with Gasteiger partial charge in [-0.05, 0) is 55.8 Å². The van der Waals surface area contributed by atoms with Gasteiger partial charge in [0.1, 0.15) is 0 Å². The summed E-state index contributed by atoms with van der Waals surface area (Å²) in [5.74, 6) is 0.381. The van der Waals surface area contributed by atoms with Crippen LogP contribution in [-0.2, 0) is 9.53 Å². The number of nitro groups is 1. The molecule has 1 aliphatic rings. The van der Waals surface area contributed by atoms with Crippen molar-refractivity contribution >= 4 is 29.1 Å². The van der Waals surface area contributed by atoms with E-state index in [0.29, 0.717) is 43.5 Å². The Kier molecular flexibility index (Phi) is 7.58. The molecule has 11 nitrogen and oxygen atoms in total. The topological polar surface area (TPSA) is 127 Å². The van der Waals surface area contributed by atoms with Crippen LogP contribution in [0, 0.1) is 10.1 Å². The molecule has 3 heterocycles. The van der Waals surface area contributed by atoms with Gasteiger partial charge in [0, 0.05) is 24.0 Å². The van der Waals surface area contributed by atoms with Gasteiger partial charge < -0.3 is 18.8 Å². The van der Waals surface area contributed by atoms with E-state index in [-0.39, 0.29) is 23.4 Å². The average Bonchev–Trinajstić information content (AvgIpc) is 3.56. The maximum atomic E-state index is 14.0. The number of carbonyl (C=O) groups is 1. The van der Waals surface area contributed by atoms with Crippen LogP contribution in [0.2, 0.25) is 0 Å². The third-order valence-electron chi connectivity index (χ3n) is 6.62. The van der Waals surface area contributed by atoms with Gasteiger partial charge in [0.05, 0.1) is 53.3 Å². The number of ether oxygens (including phenoxy) is 3. The first-order valence-corrected chi connectivity index (χ1v) is 13.4. The van der Waals surface area contributed by atoms with Gasteiger partial charge in [-0.15, -0.1) is 0 Å². The Morgan fingerprint density at radius 3 is 2.61 bits per heavy atom. The lowest BCUT2D eigenvalue weighted by Crippen LogP contribution is -2.40. The van der Waals surface area contributed by atoms with Crippen LogP contribution in [0.5, 0.6) is 11.5 Å². The van der Waals surface area contributed by atoms with Crippen LogP contribution in [0.15, 0.2) is 81.9 Å². The van der Waals surface area contributed by atoms with E-state index in [1.54, 1.807) is 73.2 Å². The standard InChI is InChI=1S/C29H26N4O7S/c1-5-40-28(35)25-17(2)30-29-32(26(25)18-11-12-22(38-3)23(14-18)39-4)27(34)24(41-29)16-20-10-7-13-31(20)19-8-6-9-21(15-19)33(36)37/h6-16,26H,5H2,1-4H3/b24-16-/t26-/m0/s1. The second-order valence-electron chi connectivity index (χ2n) is 9.00. The van der Waals surface area contributed by atoms with Crippen LogP contribution in [0.3, 0.4) is 0 Å². The molecule has 1 atom stereocenters. The van der Waals surface area contributed by atoms with Gasteiger partial charge in [0.15, 0.2) is 16.3 Å². The molecule has 1 aliphatic heterocycles. The van der Waals surface area contributed by atoms with Gasteiger partial charge in [-0.2, -0.15) is 0 Å². The molecule has 5 rings (SSSR count). The number of esters is 1. The Morgan fingerprint density at radius 2 is 1.90 bits per heavy atom. The van der Waals surface area contributed by atoms with Gasteiger partial charge in [-0.25, -0.2) is 9.79 Å². The molecule has 0 amide bonds. The highest BCUT2D eigenvalue weighted by Crippen LogP contribution is 2.36. The molecule has 2 aromatic heterocycles. The van der Waals surface area contributed by atoms with Crippen LogP contribution < -0.4 is 24.4 Å². The largest absolute Gasteiger partial charge is 0.493 e. The zero-order valence-corrected chi connectivity index (χ0v) is 23.5. The molecule has 0 N–H and O–H groups in total. The van der Waals surface area contributed by atoms with Crippen molar-refractivity contribution in [1.82, 2.24) is 9.13 Å². The van der Waals surface area contributed by atoms with E-state index in [9.17, 15) is 19.7 Å². The summed E-state index contributed by atoms with van der Waals surface area (Å²) in [6.07, 6.45) is 3.47. The molecule has 0 aliphatic carbocycles. The number of hydrogen-bond donors (Lipinski definition) is 0. The molecule has 0 unspecified atom stereocenters. The van der Waals surface area contributed by atoms with E-state index in [1.165, 1.54) is 42.3 Å². The summed E-state index contributed by atoms with van der Waals surface area (Å²) in [7, 11) is 3.04. The fourth-order valence-corrected chi connectivity index (χ4v) is 5.80. The predicted octanol–water partition coefficient (Wildman–Crippen LogP) is 3.51. The molecule has 0 radical (unpaired) electrons. The van der Waals surface area contributed by atoms with Crippen molar-refractivity contribution < 1.29 is 23.9 Å². The Balaban J connectivity index is 1.70. The first kappa shape index (κ1) is 27.6. The van der Waals surface area contributed by atoms with E-state index in [2.05, 4.69) is 4.99 Å². The van der Waals surface area contributed by atoms with Crippen molar-refractivity contribution in [3.8, 4) is 17.2 Å². The SMILES string of the molecule is CCOC(=O)C1=C(C)N=c2s/c(=C\c3cccn3-c3cccc([N+](=O)[O-])c3)c(=O)n2[C@H]1c1ccc(OC)c(OC)c1. The number of nitro benzene ring substituents is 1. The van der Waals surface area contributed by atoms with Crippen molar-refractivity contribution in [2.24, 2.45) is 4.99 Å². The van der Waals surface area contributed by atoms with Crippen LogP contribution in [0.1, 0.15) is 31.1 Å². The Hall–Kier alpha value is -4.97. The molecular formula is C29H26N4O7S. The van der Waals surface area contributed by atoms with E-state index in [0.717, 1.165) is 0 Å². The van der Waals surface area contributed by atoms with Crippen molar-refractivity contribution in [2.45, 2.75) is 19.9 Å².